The first-order chi connectivity index (χ1) is 8.81. The Morgan fingerprint density at radius 2 is 2.00 bits per heavy atom. The molecule has 0 atom stereocenters. The van der Waals surface area contributed by atoms with Crippen LogP contribution in [0.4, 0.5) is 0 Å². The van der Waals surface area contributed by atoms with Gasteiger partial charge in [-0.2, -0.15) is 0 Å². The maximum absolute atomic E-state index is 8.92. The van der Waals surface area contributed by atoms with E-state index in [4.69, 9.17) is 14.6 Å². The maximum Gasteiger partial charge on any atom is 0.219 e. The number of aliphatic hydroxyl groups is 1. The van der Waals surface area contributed by atoms with Crippen molar-refractivity contribution < 1.29 is 14.6 Å². The van der Waals surface area contributed by atoms with Gasteiger partial charge in [0.25, 0.3) is 0 Å². The number of hydrogen-bond donors (Lipinski definition) is 1. The van der Waals surface area contributed by atoms with E-state index in [1.54, 1.807) is 18.3 Å². The smallest absolute Gasteiger partial charge is 0.219 e. The van der Waals surface area contributed by atoms with Crippen LogP contribution in [-0.4, -0.2) is 16.7 Å². The fraction of sp³-hybridized carbons (Fsp3) is 0.214. The second-order valence-electron chi connectivity index (χ2n) is 3.67. The Morgan fingerprint density at radius 3 is 2.67 bits per heavy atom. The third kappa shape index (κ3) is 3.21. The summed E-state index contributed by atoms with van der Waals surface area (Å²) in [6.07, 6.45) is 1.59. The van der Waals surface area contributed by atoms with Crippen molar-refractivity contribution in [2.75, 3.05) is 6.61 Å². The zero-order valence-electron chi connectivity index (χ0n) is 10.2. The summed E-state index contributed by atoms with van der Waals surface area (Å²) in [6, 6.07) is 10.9. The lowest BCUT2D eigenvalue weighted by Gasteiger charge is -2.07. The fourth-order valence-corrected chi connectivity index (χ4v) is 1.48. The van der Waals surface area contributed by atoms with Crippen molar-refractivity contribution in [2.45, 2.75) is 13.5 Å². The van der Waals surface area contributed by atoms with Crippen LogP contribution in [0.5, 0.6) is 17.4 Å². The molecule has 1 heterocycles. The van der Waals surface area contributed by atoms with Crippen LogP contribution in [0, 0.1) is 0 Å². The van der Waals surface area contributed by atoms with Gasteiger partial charge in [0.05, 0.1) is 13.2 Å². The van der Waals surface area contributed by atoms with Crippen LogP contribution in [0.3, 0.4) is 0 Å². The summed E-state index contributed by atoms with van der Waals surface area (Å²) in [5.74, 6) is 1.92. The number of hydrogen-bond acceptors (Lipinski definition) is 4. The number of aliphatic hydroxyl groups excluding tert-OH is 1. The predicted octanol–water partition coefficient (Wildman–Crippen LogP) is 2.76. The fourth-order valence-electron chi connectivity index (χ4n) is 1.48. The van der Waals surface area contributed by atoms with Gasteiger partial charge in [-0.05, 0) is 30.7 Å². The van der Waals surface area contributed by atoms with Gasteiger partial charge in [0.1, 0.15) is 11.5 Å². The highest BCUT2D eigenvalue weighted by Gasteiger charge is 2.01. The molecule has 4 heteroatoms. The van der Waals surface area contributed by atoms with Gasteiger partial charge < -0.3 is 14.6 Å². The van der Waals surface area contributed by atoms with E-state index >= 15 is 0 Å². The van der Waals surface area contributed by atoms with Crippen molar-refractivity contribution in [2.24, 2.45) is 0 Å². The molecule has 0 fully saturated rings. The van der Waals surface area contributed by atoms with Crippen molar-refractivity contribution >= 4 is 0 Å². The lowest BCUT2D eigenvalue weighted by Crippen LogP contribution is -1.93. The van der Waals surface area contributed by atoms with E-state index in [0.717, 1.165) is 11.3 Å². The highest BCUT2D eigenvalue weighted by molar-refractivity contribution is 5.35. The minimum atomic E-state index is -0.0207. The van der Waals surface area contributed by atoms with E-state index in [1.807, 2.05) is 31.2 Å². The van der Waals surface area contributed by atoms with Crippen molar-refractivity contribution in [3.63, 3.8) is 0 Å². The van der Waals surface area contributed by atoms with Gasteiger partial charge in [-0.25, -0.2) is 4.98 Å². The molecule has 4 nitrogen and oxygen atoms in total. The standard InChI is InChI=1S/C14H15NO3/c1-2-17-12-4-3-5-13(8-12)18-14-7-6-11(10-16)9-15-14/h3-9,16H,2,10H2,1H3. The summed E-state index contributed by atoms with van der Waals surface area (Å²) in [5, 5.41) is 8.92. The van der Waals surface area contributed by atoms with Crippen molar-refractivity contribution in [1.82, 2.24) is 4.98 Å². The van der Waals surface area contributed by atoms with E-state index in [2.05, 4.69) is 4.98 Å². The highest BCUT2D eigenvalue weighted by Crippen LogP contribution is 2.24. The molecule has 1 N–H and O–H groups in total. The van der Waals surface area contributed by atoms with Gasteiger partial charge in [0, 0.05) is 18.3 Å². The first-order valence-corrected chi connectivity index (χ1v) is 5.78. The minimum Gasteiger partial charge on any atom is -0.494 e. The monoisotopic (exact) mass is 245 g/mol. The summed E-state index contributed by atoms with van der Waals surface area (Å²) in [6.45, 7) is 2.53. The SMILES string of the molecule is CCOc1cccc(Oc2ccc(CO)cn2)c1. The molecule has 0 amide bonds. The summed E-state index contributed by atoms with van der Waals surface area (Å²) >= 11 is 0. The molecule has 2 aromatic rings. The van der Waals surface area contributed by atoms with E-state index in [1.165, 1.54) is 0 Å². The normalized spacial score (nSPS) is 10.1. The zero-order valence-corrected chi connectivity index (χ0v) is 10.2. The van der Waals surface area contributed by atoms with Gasteiger partial charge in [0.2, 0.25) is 5.88 Å². The number of benzene rings is 1. The van der Waals surface area contributed by atoms with Crippen LogP contribution in [0.2, 0.25) is 0 Å². The first kappa shape index (κ1) is 12.4. The van der Waals surface area contributed by atoms with Crippen LogP contribution in [-0.2, 0) is 6.61 Å². The average Bonchev–Trinajstić information content (AvgIpc) is 2.40. The van der Waals surface area contributed by atoms with E-state index in [0.29, 0.717) is 18.2 Å². The lowest BCUT2D eigenvalue weighted by atomic mass is 10.3. The lowest BCUT2D eigenvalue weighted by molar-refractivity contribution is 0.281. The molecular formula is C14H15NO3. The Morgan fingerprint density at radius 1 is 1.17 bits per heavy atom. The zero-order chi connectivity index (χ0) is 12.8. The van der Waals surface area contributed by atoms with Gasteiger partial charge in [-0.1, -0.05) is 6.07 Å². The van der Waals surface area contributed by atoms with Crippen molar-refractivity contribution in [1.29, 1.82) is 0 Å². The first-order valence-electron chi connectivity index (χ1n) is 5.78. The van der Waals surface area contributed by atoms with Crippen LogP contribution >= 0.6 is 0 Å². The third-order valence-corrected chi connectivity index (χ3v) is 2.32. The molecule has 94 valence electrons. The van der Waals surface area contributed by atoms with Crippen LogP contribution in [0.25, 0.3) is 0 Å². The molecule has 0 spiro atoms. The van der Waals surface area contributed by atoms with Gasteiger partial charge in [0.15, 0.2) is 0 Å². The molecule has 2 rings (SSSR count). The molecule has 0 aliphatic heterocycles. The maximum atomic E-state index is 8.92. The molecule has 18 heavy (non-hydrogen) atoms. The van der Waals surface area contributed by atoms with Gasteiger partial charge in [-0.3, -0.25) is 0 Å². The second-order valence-corrected chi connectivity index (χ2v) is 3.67. The third-order valence-electron chi connectivity index (χ3n) is 2.32. The largest absolute Gasteiger partial charge is 0.494 e. The van der Waals surface area contributed by atoms with Gasteiger partial charge >= 0.3 is 0 Å². The van der Waals surface area contributed by atoms with Crippen LogP contribution in [0.1, 0.15) is 12.5 Å². The highest BCUT2D eigenvalue weighted by atomic mass is 16.5. The number of rotatable bonds is 5. The van der Waals surface area contributed by atoms with E-state index < -0.39 is 0 Å². The number of aromatic nitrogens is 1. The minimum absolute atomic E-state index is 0.0207. The summed E-state index contributed by atoms with van der Waals surface area (Å²) < 4.78 is 11.0. The summed E-state index contributed by atoms with van der Waals surface area (Å²) in [4.78, 5) is 4.10. The molecule has 0 saturated heterocycles. The molecule has 1 aromatic heterocycles. The van der Waals surface area contributed by atoms with Crippen LogP contribution < -0.4 is 9.47 Å². The van der Waals surface area contributed by atoms with Crippen molar-refractivity contribution in [3.8, 4) is 17.4 Å². The Kier molecular flexibility index (Phi) is 4.15. The Bertz CT molecular complexity index is 497. The summed E-state index contributed by atoms with van der Waals surface area (Å²) in [7, 11) is 0. The van der Waals surface area contributed by atoms with Crippen molar-refractivity contribution in [3.05, 3.63) is 48.2 Å². The molecule has 0 unspecified atom stereocenters. The Labute approximate surface area is 106 Å². The summed E-state index contributed by atoms with van der Waals surface area (Å²) in [5.41, 5.74) is 0.755. The molecule has 0 aliphatic rings. The Balaban J connectivity index is 2.09. The molecule has 0 radical (unpaired) electrons. The number of nitrogens with zero attached hydrogens (tertiary/aromatic N) is 1. The Hall–Kier alpha value is -2.07. The molecule has 0 saturated carbocycles. The molecule has 1 aromatic carbocycles. The quantitative estimate of drug-likeness (QED) is 0.880. The van der Waals surface area contributed by atoms with E-state index in [9.17, 15) is 0 Å². The molecule has 0 bridgehead atoms. The van der Waals surface area contributed by atoms with Gasteiger partial charge in [-0.15, -0.1) is 0 Å². The van der Waals surface area contributed by atoms with Crippen LogP contribution in [0.15, 0.2) is 42.6 Å². The topological polar surface area (TPSA) is 51.6 Å². The predicted molar refractivity (Wildman–Crippen MR) is 67.8 cm³/mol. The molecule has 0 aliphatic carbocycles. The molecular weight excluding hydrogens is 230 g/mol. The second kappa shape index (κ2) is 6.02. The number of pyridine rings is 1. The van der Waals surface area contributed by atoms with E-state index in [-0.39, 0.29) is 6.61 Å². The number of ether oxygens (including phenoxy) is 2. The average molecular weight is 245 g/mol.